The largest absolute Gasteiger partial charge is 0.393 e. The van der Waals surface area contributed by atoms with E-state index in [1.807, 2.05) is 0 Å². The van der Waals surface area contributed by atoms with Gasteiger partial charge >= 0.3 is 0 Å². The van der Waals surface area contributed by atoms with Gasteiger partial charge in [-0.3, -0.25) is 0 Å². The van der Waals surface area contributed by atoms with E-state index in [0.717, 1.165) is 18.3 Å². The van der Waals surface area contributed by atoms with Crippen molar-refractivity contribution in [3.8, 4) is 0 Å². The maximum Gasteiger partial charge on any atom is 0.0573 e. The Balaban J connectivity index is 1.77. The minimum absolute atomic E-state index is 0.0165. The van der Waals surface area contributed by atoms with Crippen molar-refractivity contribution in [2.45, 2.75) is 58.0 Å². The third-order valence-electron chi connectivity index (χ3n) is 4.22. The van der Waals surface area contributed by atoms with Crippen LogP contribution in [0.4, 0.5) is 0 Å². The molecule has 0 aromatic heterocycles. The molecule has 2 aliphatic rings. The van der Waals surface area contributed by atoms with Crippen LogP contribution in [-0.2, 0) is 0 Å². The lowest BCUT2D eigenvalue weighted by Crippen LogP contribution is -2.27. The van der Waals surface area contributed by atoms with Crippen molar-refractivity contribution in [3.63, 3.8) is 0 Å². The summed E-state index contributed by atoms with van der Waals surface area (Å²) in [6, 6.07) is 0. The van der Waals surface area contributed by atoms with E-state index in [1.54, 1.807) is 0 Å². The van der Waals surface area contributed by atoms with Crippen LogP contribution in [0.15, 0.2) is 0 Å². The molecule has 76 valence electrons. The van der Waals surface area contributed by atoms with Gasteiger partial charge in [0.15, 0.2) is 0 Å². The lowest BCUT2D eigenvalue weighted by Gasteiger charge is -2.31. The zero-order chi connectivity index (χ0) is 9.26. The van der Waals surface area contributed by atoms with Crippen molar-refractivity contribution < 1.29 is 5.11 Å². The molecule has 0 amide bonds. The standard InChI is InChI=1S/C12H22O/c1-9-4-2-7-11(9)12(13)8-10-5-3-6-10/h9-13H,2-8H2,1H3. The summed E-state index contributed by atoms with van der Waals surface area (Å²) < 4.78 is 0. The molecule has 13 heavy (non-hydrogen) atoms. The highest BCUT2D eigenvalue weighted by Gasteiger charge is 2.32. The Kier molecular flexibility index (Phi) is 2.92. The monoisotopic (exact) mass is 182 g/mol. The van der Waals surface area contributed by atoms with E-state index in [-0.39, 0.29) is 6.10 Å². The van der Waals surface area contributed by atoms with Crippen LogP contribution in [0, 0.1) is 17.8 Å². The predicted octanol–water partition coefficient (Wildman–Crippen LogP) is 2.97. The lowest BCUT2D eigenvalue weighted by atomic mass is 9.78. The van der Waals surface area contributed by atoms with Crippen molar-refractivity contribution >= 4 is 0 Å². The average molecular weight is 182 g/mol. The minimum atomic E-state index is 0.0165. The second-order valence-corrected chi connectivity index (χ2v) is 5.17. The molecule has 0 saturated heterocycles. The molecule has 2 aliphatic carbocycles. The van der Waals surface area contributed by atoms with Gasteiger partial charge < -0.3 is 5.11 Å². The van der Waals surface area contributed by atoms with Gasteiger partial charge in [-0.2, -0.15) is 0 Å². The van der Waals surface area contributed by atoms with E-state index in [1.165, 1.54) is 38.5 Å². The van der Waals surface area contributed by atoms with Crippen LogP contribution < -0.4 is 0 Å². The van der Waals surface area contributed by atoms with Crippen LogP contribution >= 0.6 is 0 Å². The first kappa shape index (κ1) is 9.51. The first-order valence-electron chi connectivity index (χ1n) is 5.95. The van der Waals surface area contributed by atoms with Gasteiger partial charge in [0.2, 0.25) is 0 Å². The number of aliphatic hydroxyl groups is 1. The summed E-state index contributed by atoms with van der Waals surface area (Å²) in [4.78, 5) is 0. The normalized spacial score (nSPS) is 37.4. The Morgan fingerprint density at radius 3 is 2.31 bits per heavy atom. The van der Waals surface area contributed by atoms with Gasteiger partial charge in [0.25, 0.3) is 0 Å². The van der Waals surface area contributed by atoms with Gasteiger partial charge in [-0.15, -0.1) is 0 Å². The second-order valence-electron chi connectivity index (χ2n) is 5.17. The van der Waals surface area contributed by atoms with E-state index in [2.05, 4.69) is 6.92 Å². The quantitative estimate of drug-likeness (QED) is 0.711. The number of hydrogen-bond acceptors (Lipinski definition) is 1. The molecule has 0 radical (unpaired) electrons. The topological polar surface area (TPSA) is 20.2 Å². The Hall–Kier alpha value is -0.0400. The van der Waals surface area contributed by atoms with E-state index >= 15 is 0 Å². The Bertz CT molecular complexity index is 163. The molecule has 1 heteroatoms. The molecule has 2 saturated carbocycles. The molecule has 3 atom stereocenters. The molecule has 3 unspecified atom stereocenters. The molecule has 0 bridgehead atoms. The first-order chi connectivity index (χ1) is 6.27. The molecular weight excluding hydrogens is 160 g/mol. The molecule has 2 fully saturated rings. The van der Waals surface area contributed by atoms with E-state index in [9.17, 15) is 5.11 Å². The number of rotatable bonds is 3. The van der Waals surface area contributed by atoms with Crippen LogP contribution in [0.1, 0.15) is 51.9 Å². The molecule has 2 rings (SSSR count). The van der Waals surface area contributed by atoms with Crippen molar-refractivity contribution in [3.05, 3.63) is 0 Å². The van der Waals surface area contributed by atoms with Crippen molar-refractivity contribution in [1.82, 2.24) is 0 Å². The SMILES string of the molecule is CC1CCCC1C(O)CC1CCC1. The highest BCUT2D eigenvalue weighted by atomic mass is 16.3. The van der Waals surface area contributed by atoms with Crippen LogP contribution in [-0.4, -0.2) is 11.2 Å². The fraction of sp³-hybridized carbons (Fsp3) is 1.00. The molecule has 0 aliphatic heterocycles. The fourth-order valence-corrected chi connectivity index (χ4v) is 2.99. The Morgan fingerprint density at radius 2 is 1.85 bits per heavy atom. The van der Waals surface area contributed by atoms with E-state index < -0.39 is 0 Å². The third kappa shape index (κ3) is 2.07. The summed E-state index contributed by atoms with van der Waals surface area (Å²) in [5.41, 5.74) is 0. The molecule has 1 nitrogen and oxygen atoms in total. The maximum atomic E-state index is 10.1. The van der Waals surface area contributed by atoms with E-state index in [4.69, 9.17) is 0 Å². The van der Waals surface area contributed by atoms with Crippen molar-refractivity contribution in [2.75, 3.05) is 0 Å². The first-order valence-corrected chi connectivity index (χ1v) is 5.95. The smallest absolute Gasteiger partial charge is 0.0573 e. The van der Waals surface area contributed by atoms with Gasteiger partial charge in [-0.1, -0.05) is 39.0 Å². The highest BCUT2D eigenvalue weighted by molar-refractivity contribution is 4.83. The molecule has 0 heterocycles. The summed E-state index contributed by atoms with van der Waals surface area (Å²) in [6.45, 7) is 2.31. The van der Waals surface area contributed by atoms with Crippen molar-refractivity contribution in [2.24, 2.45) is 17.8 Å². The molecular formula is C12H22O. The van der Waals surface area contributed by atoms with Gasteiger partial charge in [-0.05, 0) is 30.6 Å². The maximum absolute atomic E-state index is 10.1. The Morgan fingerprint density at radius 1 is 1.15 bits per heavy atom. The predicted molar refractivity (Wildman–Crippen MR) is 54.5 cm³/mol. The van der Waals surface area contributed by atoms with Crippen LogP contribution in [0.3, 0.4) is 0 Å². The summed E-state index contributed by atoms with van der Waals surface area (Å²) in [7, 11) is 0. The summed E-state index contributed by atoms with van der Waals surface area (Å²) in [6.07, 6.45) is 9.21. The molecule has 0 spiro atoms. The van der Waals surface area contributed by atoms with Gasteiger partial charge in [0.1, 0.15) is 0 Å². The van der Waals surface area contributed by atoms with E-state index in [0.29, 0.717) is 5.92 Å². The summed E-state index contributed by atoms with van der Waals surface area (Å²) in [5, 5.41) is 10.1. The summed E-state index contributed by atoms with van der Waals surface area (Å²) >= 11 is 0. The second kappa shape index (κ2) is 4.00. The van der Waals surface area contributed by atoms with Gasteiger partial charge in [0.05, 0.1) is 6.10 Å². The minimum Gasteiger partial charge on any atom is -0.393 e. The van der Waals surface area contributed by atoms with Crippen molar-refractivity contribution in [1.29, 1.82) is 0 Å². The van der Waals surface area contributed by atoms with Crippen LogP contribution in [0.5, 0.6) is 0 Å². The molecule has 1 N–H and O–H groups in total. The van der Waals surface area contributed by atoms with Gasteiger partial charge in [0, 0.05) is 0 Å². The van der Waals surface area contributed by atoms with Crippen LogP contribution in [0.25, 0.3) is 0 Å². The number of aliphatic hydroxyl groups excluding tert-OH is 1. The highest BCUT2D eigenvalue weighted by Crippen LogP contribution is 2.38. The Labute approximate surface area is 81.5 Å². The molecule has 0 aromatic rings. The third-order valence-corrected chi connectivity index (χ3v) is 4.22. The fourth-order valence-electron chi connectivity index (χ4n) is 2.99. The average Bonchev–Trinajstić information content (AvgIpc) is 2.43. The lowest BCUT2D eigenvalue weighted by molar-refractivity contribution is 0.0522. The zero-order valence-corrected chi connectivity index (χ0v) is 8.71. The molecule has 0 aromatic carbocycles. The van der Waals surface area contributed by atoms with Crippen LogP contribution in [0.2, 0.25) is 0 Å². The zero-order valence-electron chi connectivity index (χ0n) is 8.71. The van der Waals surface area contributed by atoms with Gasteiger partial charge in [-0.25, -0.2) is 0 Å². The summed E-state index contributed by atoms with van der Waals surface area (Å²) in [5.74, 6) is 2.26. The number of hydrogen-bond donors (Lipinski definition) is 1.